The van der Waals surface area contributed by atoms with Gasteiger partial charge in [-0.3, -0.25) is 4.79 Å². The van der Waals surface area contributed by atoms with Crippen molar-refractivity contribution in [2.75, 3.05) is 0 Å². The first-order valence-corrected chi connectivity index (χ1v) is 6.05. The normalized spacial score (nSPS) is 10.8. The van der Waals surface area contributed by atoms with E-state index in [0.717, 1.165) is 19.3 Å². The first kappa shape index (κ1) is 12.0. The van der Waals surface area contributed by atoms with Crippen LogP contribution in [0.15, 0.2) is 17.5 Å². The van der Waals surface area contributed by atoms with Gasteiger partial charge in [-0.2, -0.15) is 0 Å². The van der Waals surface area contributed by atoms with Crippen molar-refractivity contribution in [2.24, 2.45) is 0 Å². The van der Waals surface area contributed by atoms with Crippen LogP contribution in [0.5, 0.6) is 0 Å². The van der Waals surface area contributed by atoms with Crippen molar-refractivity contribution in [1.82, 2.24) is 5.32 Å². The fourth-order valence-electron chi connectivity index (χ4n) is 1.47. The third-order valence-electron chi connectivity index (χ3n) is 2.29. The van der Waals surface area contributed by atoms with Crippen LogP contribution in [-0.4, -0.2) is 6.41 Å². The molecule has 15 heavy (non-hydrogen) atoms. The molecule has 3 heteroatoms. The lowest BCUT2D eigenvalue weighted by molar-refractivity contribution is -0.109. The van der Waals surface area contributed by atoms with Crippen molar-refractivity contribution in [3.05, 3.63) is 33.5 Å². The quantitative estimate of drug-likeness (QED) is 0.583. The number of hydrogen-bond acceptors (Lipinski definition) is 2. The molecule has 2 nitrogen and oxygen atoms in total. The van der Waals surface area contributed by atoms with Crippen LogP contribution >= 0.6 is 11.3 Å². The molecule has 0 aliphatic heterocycles. The lowest BCUT2D eigenvalue weighted by Crippen LogP contribution is -2.10. The van der Waals surface area contributed by atoms with Gasteiger partial charge in [0.05, 0.1) is 0 Å². The first-order valence-electron chi connectivity index (χ1n) is 5.17. The Morgan fingerprint density at radius 3 is 2.93 bits per heavy atom. The van der Waals surface area contributed by atoms with E-state index in [4.69, 9.17) is 0 Å². The first-order chi connectivity index (χ1) is 7.29. The molecule has 0 bridgehead atoms. The van der Waals surface area contributed by atoms with Crippen molar-refractivity contribution >= 4 is 17.7 Å². The Balaban J connectivity index is 2.70. The molecule has 0 unspecified atom stereocenters. The molecule has 0 aliphatic rings. The highest BCUT2D eigenvalue weighted by atomic mass is 32.1. The van der Waals surface area contributed by atoms with Crippen molar-refractivity contribution in [1.29, 1.82) is 0 Å². The van der Waals surface area contributed by atoms with Crippen molar-refractivity contribution < 1.29 is 4.79 Å². The number of thiophene rings is 1. The Kier molecular flexibility index (Phi) is 5.12. The Morgan fingerprint density at radius 1 is 1.47 bits per heavy atom. The molecular weight excluding hydrogens is 206 g/mol. The fourth-order valence-corrected chi connectivity index (χ4v) is 2.37. The summed E-state index contributed by atoms with van der Waals surface area (Å²) < 4.78 is 0. The summed E-state index contributed by atoms with van der Waals surface area (Å²) in [5.74, 6) is 0. The summed E-state index contributed by atoms with van der Waals surface area (Å²) in [6.07, 6.45) is 7.16. The van der Waals surface area contributed by atoms with Gasteiger partial charge < -0.3 is 5.32 Å². The van der Waals surface area contributed by atoms with Gasteiger partial charge >= 0.3 is 0 Å². The fraction of sp³-hybridized carbons (Fsp3) is 0.417. The van der Waals surface area contributed by atoms with Crippen LogP contribution in [0.4, 0.5) is 0 Å². The maximum atomic E-state index is 10.2. The van der Waals surface area contributed by atoms with Crippen LogP contribution in [0.1, 0.15) is 29.3 Å². The number of nitrogens with one attached hydrogen (secondary N) is 1. The third kappa shape index (κ3) is 3.51. The molecule has 0 radical (unpaired) electrons. The molecule has 0 aliphatic carbocycles. The van der Waals surface area contributed by atoms with Gasteiger partial charge in [0.1, 0.15) is 0 Å². The molecule has 0 saturated heterocycles. The second kappa shape index (κ2) is 6.40. The standard InChI is InChI=1S/C12H17NOS/c1-3-4-5-6-12-10(2)15-8-11(12)7-13-9-14/h4-5,8-9H,3,6-7H2,1-2H3,(H,13,14)/b5-4-. The summed E-state index contributed by atoms with van der Waals surface area (Å²) >= 11 is 1.75. The molecule has 82 valence electrons. The highest BCUT2D eigenvalue weighted by Crippen LogP contribution is 2.22. The molecule has 0 fully saturated rings. The van der Waals surface area contributed by atoms with Crippen LogP contribution in [0.2, 0.25) is 0 Å². The van der Waals surface area contributed by atoms with Gasteiger partial charge in [-0.25, -0.2) is 0 Å². The largest absolute Gasteiger partial charge is 0.355 e. The van der Waals surface area contributed by atoms with Gasteiger partial charge in [0.15, 0.2) is 0 Å². The summed E-state index contributed by atoms with van der Waals surface area (Å²) in [6, 6.07) is 0. The molecule has 1 N–H and O–H groups in total. The zero-order valence-electron chi connectivity index (χ0n) is 9.25. The number of carbonyl (C=O) groups excluding carboxylic acids is 1. The minimum atomic E-state index is 0.642. The van der Waals surface area contributed by atoms with Gasteiger partial charge in [-0.1, -0.05) is 19.1 Å². The molecule has 0 saturated carbocycles. The topological polar surface area (TPSA) is 29.1 Å². The molecule has 1 amide bonds. The molecule has 0 spiro atoms. The Bertz CT molecular complexity index is 341. The van der Waals surface area contributed by atoms with E-state index in [9.17, 15) is 4.79 Å². The molecule has 1 rings (SSSR count). The number of allylic oxidation sites excluding steroid dienone is 2. The summed E-state index contributed by atoms with van der Waals surface area (Å²) in [5, 5.41) is 4.84. The van der Waals surface area contributed by atoms with Crippen molar-refractivity contribution in [3.8, 4) is 0 Å². The lowest BCUT2D eigenvalue weighted by atomic mass is 10.1. The molecule has 0 atom stereocenters. The third-order valence-corrected chi connectivity index (χ3v) is 3.29. The number of amides is 1. The minimum absolute atomic E-state index is 0.642. The van der Waals surface area contributed by atoms with E-state index in [0.29, 0.717) is 6.54 Å². The van der Waals surface area contributed by atoms with Gasteiger partial charge in [0, 0.05) is 11.4 Å². The molecule has 1 aromatic heterocycles. The monoisotopic (exact) mass is 223 g/mol. The van der Waals surface area contributed by atoms with Crippen LogP contribution < -0.4 is 5.32 Å². The van der Waals surface area contributed by atoms with E-state index in [2.05, 4.69) is 36.7 Å². The zero-order valence-corrected chi connectivity index (χ0v) is 10.1. The number of aryl methyl sites for hydroxylation is 1. The van der Waals surface area contributed by atoms with E-state index in [1.807, 2.05) is 0 Å². The maximum Gasteiger partial charge on any atom is 0.207 e. The predicted molar refractivity (Wildman–Crippen MR) is 65.1 cm³/mol. The highest BCUT2D eigenvalue weighted by molar-refractivity contribution is 7.10. The van der Waals surface area contributed by atoms with Gasteiger partial charge in [0.25, 0.3) is 0 Å². The summed E-state index contributed by atoms with van der Waals surface area (Å²) in [5.41, 5.74) is 2.60. The van der Waals surface area contributed by atoms with Gasteiger partial charge in [0.2, 0.25) is 6.41 Å². The SMILES string of the molecule is CC/C=C\Cc1c(CNC=O)csc1C. The average Bonchev–Trinajstić information content (AvgIpc) is 2.58. The van der Waals surface area contributed by atoms with E-state index < -0.39 is 0 Å². The number of hydrogen-bond donors (Lipinski definition) is 1. The molecular formula is C12H17NOS. The Labute approximate surface area is 95.0 Å². The van der Waals surface area contributed by atoms with E-state index in [-0.39, 0.29) is 0 Å². The smallest absolute Gasteiger partial charge is 0.207 e. The highest BCUT2D eigenvalue weighted by Gasteiger charge is 2.06. The Morgan fingerprint density at radius 2 is 2.27 bits per heavy atom. The second-order valence-electron chi connectivity index (χ2n) is 3.38. The Hall–Kier alpha value is -1.09. The van der Waals surface area contributed by atoms with Crippen LogP contribution in [-0.2, 0) is 17.8 Å². The summed E-state index contributed by atoms with van der Waals surface area (Å²) in [6.45, 7) is 4.90. The van der Waals surface area contributed by atoms with Crippen LogP contribution in [0, 0.1) is 6.92 Å². The van der Waals surface area contributed by atoms with Crippen molar-refractivity contribution in [3.63, 3.8) is 0 Å². The predicted octanol–water partition coefficient (Wildman–Crippen LogP) is 2.81. The second-order valence-corrected chi connectivity index (χ2v) is 4.46. The zero-order chi connectivity index (χ0) is 11.1. The van der Waals surface area contributed by atoms with Crippen LogP contribution in [0.3, 0.4) is 0 Å². The molecule has 0 aromatic carbocycles. The van der Waals surface area contributed by atoms with E-state index in [1.165, 1.54) is 16.0 Å². The number of rotatable bonds is 6. The minimum Gasteiger partial charge on any atom is -0.355 e. The van der Waals surface area contributed by atoms with E-state index >= 15 is 0 Å². The van der Waals surface area contributed by atoms with Gasteiger partial charge in [-0.05, 0) is 36.3 Å². The van der Waals surface area contributed by atoms with Crippen molar-refractivity contribution in [2.45, 2.75) is 33.2 Å². The van der Waals surface area contributed by atoms with E-state index in [1.54, 1.807) is 11.3 Å². The summed E-state index contributed by atoms with van der Waals surface area (Å²) in [7, 11) is 0. The molecule has 1 aromatic rings. The summed E-state index contributed by atoms with van der Waals surface area (Å²) in [4.78, 5) is 11.6. The maximum absolute atomic E-state index is 10.2. The van der Waals surface area contributed by atoms with Gasteiger partial charge in [-0.15, -0.1) is 11.3 Å². The van der Waals surface area contributed by atoms with Crippen LogP contribution in [0.25, 0.3) is 0 Å². The lowest BCUT2D eigenvalue weighted by Gasteiger charge is -2.02. The molecule has 1 heterocycles. The average molecular weight is 223 g/mol. The number of carbonyl (C=O) groups is 1.